The van der Waals surface area contributed by atoms with Gasteiger partial charge < -0.3 is 5.73 Å². The van der Waals surface area contributed by atoms with Gasteiger partial charge in [0.15, 0.2) is 0 Å². The Morgan fingerprint density at radius 1 is 1.53 bits per heavy atom. The van der Waals surface area contributed by atoms with Crippen molar-refractivity contribution in [2.75, 3.05) is 0 Å². The van der Waals surface area contributed by atoms with E-state index in [0.717, 1.165) is 0 Å². The van der Waals surface area contributed by atoms with Gasteiger partial charge in [-0.05, 0) is 37.8 Å². The molecule has 3 nitrogen and oxygen atoms in total. The Hall–Kier alpha value is -1.14. The van der Waals surface area contributed by atoms with Crippen molar-refractivity contribution in [3.05, 3.63) is 34.9 Å². The Kier molecular flexibility index (Phi) is 4.92. The van der Waals surface area contributed by atoms with Crippen LogP contribution >= 0.6 is 0 Å². The van der Waals surface area contributed by atoms with Crippen molar-refractivity contribution in [1.29, 1.82) is 0 Å². The molecular formula is C13H20F2N2OS. The molecule has 1 fully saturated rings. The van der Waals surface area contributed by atoms with Crippen LogP contribution in [0.3, 0.4) is 0 Å². The lowest BCUT2D eigenvalue weighted by Crippen LogP contribution is -2.25. The number of hydrogen-bond donors (Lipinski definition) is 2. The van der Waals surface area contributed by atoms with Gasteiger partial charge in [0.05, 0.1) is 9.71 Å². The van der Waals surface area contributed by atoms with Crippen LogP contribution in [0.1, 0.15) is 32.6 Å². The molecule has 0 saturated heterocycles. The smallest absolute Gasteiger partial charge is 0.271 e. The van der Waals surface area contributed by atoms with Gasteiger partial charge in [0, 0.05) is 16.9 Å². The normalized spacial score (nSPS) is 27.3. The molecule has 0 amide bonds. The lowest BCUT2D eigenvalue weighted by Gasteiger charge is -2.21. The fraction of sp³-hybridized carbons (Fsp3) is 0.462. The highest BCUT2D eigenvalue weighted by atomic mass is 32.2. The minimum atomic E-state index is -3.09. The van der Waals surface area contributed by atoms with Gasteiger partial charge >= 0.3 is 0 Å². The second-order valence-electron chi connectivity index (χ2n) is 4.49. The Morgan fingerprint density at radius 3 is 2.63 bits per heavy atom. The molecule has 1 aliphatic carbocycles. The molecule has 0 spiro atoms. The number of hydrogen-bond acceptors (Lipinski definition) is 2. The van der Waals surface area contributed by atoms with Crippen LogP contribution in [0.25, 0.3) is 0 Å². The fourth-order valence-corrected chi connectivity index (χ4v) is 3.24. The largest absolute Gasteiger partial charge is 0.405 e. The zero-order valence-corrected chi connectivity index (χ0v) is 11.8. The first kappa shape index (κ1) is 15.9. The van der Waals surface area contributed by atoms with E-state index in [9.17, 15) is 13.0 Å². The maximum Gasteiger partial charge on any atom is 0.271 e. The Balaban J connectivity index is 3.53. The first-order chi connectivity index (χ1) is 8.78. The Morgan fingerprint density at radius 2 is 2.16 bits per heavy atom. The van der Waals surface area contributed by atoms with Crippen molar-refractivity contribution >= 4 is 15.1 Å². The minimum Gasteiger partial charge on any atom is -0.405 e. The number of rotatable bonds is 2. The van der Waals surface area contributed by atoms with E-state index in [0.29, 0.717) is 18.4 Å². The highest BCUT2D eigenvalue weighted by Crippen LogP contribution is 2.41. The summed E-state index contributed by atoms with van der Waals surface area (Å²) in [5.41, 5.74) is 5.93. The van der Waals surface area contributed by atoms with E-state index in [1.54, 1.807) is 0 Å². The molecule has 1 unspecified atom stereocenters. The molecule has 6 heteroatoms. The SMILES string of the molecule is C=C/C(=C1\C/C(=C/N)CCCC1(F)F)S(N)(=O)=CC. The predicted molar refractivity (Wildman–Crippen MR) is 77.0 cm³/mol. The van der Waals surface area contributed by atoms with Gasteiger partial charge in [-0.15, -0.1) is 0 Å². The second kappa shape index (κ2) is 5.88. The summed E-state index contributed by atoms with van der Waals surface area (Å²) in [7, 11) is -3.09. The summed E-state index contributed by atoms with van der Waals surface area (Å²) in [6, 6.07) is 0. The molecule has 19 heavy (non-hydrogen) atoms. The van der Waals surface area contributed by atoms with Gasteiger partial charge in [-0.2, -0.15) is 0 Å². The van der Waals surface area contributed by atoms with Crippen molar-refractivity contribution in [2.24, 2.45) is 10.9 Å². The molecule has 0 aromatic carbocycles. The molecule has 1 aliphatic rings. The van der Waals surface area contributed by atoms with Gasteiger partial charge in [0.2, 0.25) is 0 Å². The molecule has 4 N–H and O–H groups in total. The van der Waals surface area contributed by atoms with Crippen LogP contribution in [0.2, 0.25) is 0 Å². The molecular weight excluding hydrogens is 270 g/mol. The van der Waals surface area contributed by atoms with Crippen LogP contribution in [0.5, 0.6) is 0 Å². The third-order valence-electron chi connectivity index (χ3n) is 3.25. The molecule has 0 bridgehead atoms. The van der Waals surface area contributed by atoms with Crippen LogP contribution in [-0.2, 0) is 9.71 Å². The maximum atomic E-state index is 14.2. The van der Waals surface area contributed by atoms with E-state index in [1.165, 1.54) is 24.6 Å². The zero-order valence-electron chi connectivity index (χ0n) is 11.0. The van der Waals surface area contributed by atoms with Crippen LogP contribution in [0.4, 0.5) is 8.78 Å². The van der Waals surface area contributed by atoms with E-state index in [-0.39, 0.29) is 23.3 Å². The van der Waals surface area contributed by atoms with Crippen LogP contribution in [-0.4, -0.2) is 15.5 Å². The standard InChI is InChI=1S/C13H20F2N2OS/c1-3-12(19(17,18)4-2)11-8-10(9-16)6-5-7-13(11,14)15/h3-4,9H,1,5-8,16H2,2H3,(H2,17,18)/b10-9+,12-11-. The quantitative estimate of drug-likeness (QED) is 0.606. The highest BCUT2D eigenvalue weighted by Gasteiger charge is 2.38. The summed E-state index contributed by atoms with van der Waals surface area (Å²) < 4.78 is 40.5. The molecule has 0 aromatic heterocycles. The maximum absolute atomic E-state index is 14.2. The Bertz CT molecular complexity index is 541. The van der Waals surface area contributed by atoms with E-state index < -0.39 is 15.6 Å². The minimum absolute atomic E-state index is 0.00706. The summed E-state index contributed by atoms with van der Waals surface area (Å²) in [5.74, 6) is -3.03. The first-order valence-electron chi connectivity index (χ1n) is 6.03. The van der Waals surface area contributed by atoms with Crippen molar-refractivity contribution < 1.29 is 13.0 Å². The summed E-state index contributed by atoms with van der Waals surface area (Å²) in [6.45, 7) is 4.96. The second-order valence-corrected chi connectivity index (χ2v) is 6.70. The number of nitrogens with two attached hydrogens (primary N) is 2. The molecule has 0 heterocycles. The van der Waals surface area contributed by atoms with Crippen LogP contribution in [0.15, 0.2) is 34.9 Å². The highest BCUT2D eigenvalue weighted by molar-refractivity contribution is 8.02. The molecule has 0 aliphatic heterocycles. The van der Waals surface area contributed by atoms with Crippen molar-refractivity contribution in [3.63, 3.8) is 0 Å². The number of alkyl halides is 2. The Labute approximate surface area is 113 Å². The van der Waals surface area contributed by atoms with Crippen molar-refractivity contribution in [2.45, 2.75) is 38.5 Å². The van der Waals surface area contributed by atoms with Crippen LogP contribution < -0.4 is 10.9 Å². The van der Waals surface area contributed by atoms with Gasteiger partial charge in [0.1, 0.15) is 0 Å². The lowest BCUT2D eigenvalue weighted by molar-refractivity contribution is 0.0311. The lowest BCUT2D eigenvalue weighted by atomic mass is 10.0. The topological polar surface area (TPSA) is 69.1 Å². The van der Waals surface area contributed by atoms with E-state index in [1.807, 2.05) is 0 Å². The molecule has 1 atom stereocenters. The van der Waals surface area contributed by atoms with E-state index >= 15 is 0 Å². The van der Waals surface area contributed by atoms with Gasteiger partial charge in [-0.1, -0.05) is 18.2 Å². The molecule has 0 aromatic rings. The molecule has 1 rings (SSSR count). The summed E-state index contributed by atoms with van der Waals surface area (Å²) in [5, 5.41) is 6.86. The van der Waals surface area contributed by atoms with E-state index in [4.69, 9.17) is 10.9 Å². The van der Waals surface area contributed by atoms with Crippen LogP contribution in [0, 0.1) is 0 Å². The number of allylic oxidation sites excluding steroid dienone is 3. The molecule has 108 valence electrons. The van der Waals surface area contributed by atoms with Gasteiger partial charge in [-0.3, -0.25) is 5.14 Å². The third-order valence-corrected chi connectivity index (χ3v) is 5.05. The zero-order chi connectivity index (χ0) is 14.7. The van der Waals surface area contributed by atoms with Crippen molar-refractivity contribution in [1.82, 2.24) is 0 Å². The summed E-state index contributed by atoms with van der Waals surface area (Å²) in [4.78, 5) is -0.0683. The average molecular weight is 290 g/mol. The number of halogens is 2. The molecule has 1 saturated carbocycles. The summed E-state index contributed by atoms with van der Waals surface area (Å²) >= 11 is 0. The molecule has 0 radical (unpaired) electrons. The third kappa shape index (κ3) is 3.45. The predicted octanol–water partition coefficient (Wildman–Crippen LogP) is 2.46. The fourth-order valence-electron chi connectivity index (χ4n) is 2.12. The van der Waals surface area contributed by atoms with Crippen molar-refractivity contribution in [3.8, 4) is 0 Å². The first-order valence-corrected chi connectivity index (χ1v) is 7.72. The average Bonchev–Trinajstić information content (AvgIpc) is 2.49. The monoisotopic (exact) mass is 290 g/mol. The van der Waals surface area contributed by atoms with Gasteiger partial charge in [0.25, 0.3) is 5.92 Å². The summed E-state index contributed by atoms with van der Waals surface area (Å²) in [6.07, 6.45) is 3.07. The van der Waals surface area contributed by atoms with E-state index in [2.05, 4.69) is 6.58 Å². The van der Waals surface area contributed by atoms with Gasteiger partial charge in [-0.25, -0.2) is 13.0 Å².